The molecular weight excluding hydrogens is 398 g/mol. The molecule has 2 aromatic heterocycles. The Bertz CT molecular complexity index is 1310. The Morgan fingerprint density at radius 2 is 1.71 bits per heavy atom. The number of hydrogen-bond donors (Lipinski definition) is 1. The molecule has 0 aliphatic carbocycles. The first kappa shape index (κ1) is 20.1. The molecule has 0 spiro atoms. The fourth-order valence-electron chi connectivity index (χ4n) is 3.17. The van der Waals surface area contributed by atoms with Crippen molar-refractivity contribution in [3.63, 3.8) is 0 Å². The Kier molecular flexibility index (Phi) is 5.61. The van der Waals surface area contributed by atoms with Crippen LogP contribution >= 0.6 is 0 Å². The first-order chi connectivity index (χ1) is 15.0. The average Bonchev–Trinajstić information content (AvgIpc) is 3.24. The zero-order valence-electron chi connectivity index (χ0n) is 16.7. The van der Waals surface area contributed by atoms with Crippen molar-refractivity contribution in [3.8, 4) is 11.3 Å². The van der Waals surface area contributed by atoms with Crippen molar-refractivity contribution in [2.24, 2.45) is 0 Å². The number of methoxy groups -OCH3 is 1. The fraction of sp³-hybridized carbons (Fsp3) is 0.130. The summed E-state index contributed by atoms with van der Waals surface area (Å²) in [6, 6.07) is 19.3. The molecule has 0 amide bonds. The van der Waals surface area contributed by atoms with Crippen LogP contribution in [0.4, 0.5) is 0 Å². The monoisotopic (exact) mass is 417 g/mol. The van der Waals surface area contributed by atoms with Gasteiger partial charge in [0.2, 0.25) is 0 Å². The van der Waals surface area contributed by atoms with Gasteiger partial charge in [0.25, 0.3) is 5.56 Å². The minimum absolute atomic E-state index is 0.0288. The van der Waals surface area contributed by atoms with Crippen LogP contribution in [0.2, 0.25) is 0 Å². The summed E-state index contributed by atoms with van der Waals surface area (Å²) in [5.74, 6) is -1.02. The molecule has 2 aromatic carbocycles. The van der Waals surface area contributed by atoms with Gasteiger partial charge in [-0.25, -0.2) is 14.3 Å². The summed E-state index contributed by atoms with van der Waals surface area (Å²) in [6.07, 6.45) is 0.0815. The van der Waals surface area contributed by atoms with Gasteiger partial charge in [0.05, 0.1) is 19.2 Å². The third-order valence-electron chi connectivity index (χ3n) is 4.78. The third kappa shape index (κ3) is 4.37. The lowest BCUT2D eigenvalue weighted by molar-refractivity contribution is -0.139. The van der Waals surface area contributed by atoms with Crippen molar-refractivity contribution in [1.29, 1.82) is 0 Å². The lowest BCUT2D eigenvalue weighted by Crippen LogP contribution is -2.15. The second kappa shape index (κ2) is 8.66. The van der Waals surface area contributed by atoms with E-state index >= 15 is 0 Å². The Balaban J connectivity index is 1.55. The van der Waals surface area contributed by atoms with E-state index in [2.05, 4.69) is 10.1 Å². The summed E-state index contributed by atoms with van der Waals surface area (Å²) in [5.41, 5.74) is 2.79. The van der Waals surface area contributed by atoms with Crippen molar-refractivity contribution in [3.05, 3.63) is 93.9 Å². The topological polar surface area (TPSA) is 103 Å². The van der Waals surface area contributed by atoms with E-state index in [0.717, 1.165) is 5.56 Å². The highest BCUT2D eigenvalue weighted by Crippen LogP contribution is 2.17. The number of carbonyl (C=O) groups is 2. The average molecular weight is 417 g/mol. The molecule has 0 aliphatic heterocycles. The van der Waals surface area contributed by atoms with Crippen molar-refractivity contribution in [1.82, 2.24) is 14.6 Å². The van der Waals surface area contributed by atoms with Crippen LogP contribution in [-0.2, 0) is 27.3 Å². The van der Waals surface area contributed by atoms with Crippen LogP contribution in [0.1, 0.15) is 21.6 Å². The summed E-state index contributed by atoms with van der Waals surface area (Å²) in [6.45, 7) is -0.0288. The summed E-state index contributed by atoms with van der Waals surface area (Å²) < 4.78 is 11.3. The molecule has 0 radical (unpaired) electrons. The van der Waals surface area contributed by atoms with Gasteiger partial charge in [-0.15, -0.1) is 0 Å². The van der Waals surface area contributed by atoms with Gasteiger partial charge in [0, 0.05) is 17.7 Å². The second-order valence-corrected chi connectivity index (χ2v) is 6.81. The number of fused-ring (bicyclic) bond motifs is 1. The molecular formula is C23H19N3O5. The molecule has 31 heavy (non-hydrogen) atoms. The van der Waals surface area contributed by atoms with Gasteiger partial charge in [-0.2, -0.15) is 0 Å². The number of esters is 2. The zero-order chi connectivity index (χ0) is 21.8. The van der Waals surface area contributed by atoms with Crippen LogP contribution in [0.25, 0.3) is 16.9 Å². The Hall–Kier alpha value is -4.20. The van der Waals surface area contributed by atoms with Gasteiger partial charge in [-0.05, 0) is 11.1 Å². The molecule has 4 rings (SSSR count). The highest BCUT2D eigenvalue weighted by Gasteiger charge is 2.15. The van der Waals surface area contributed by atoms with Crippen LogP contribution in [0.3, 0.4) is 0 Å². The van der Waals surface area contributed by atoms with E-state index in [1.54, 1.807) is 24.3 Å². The first-order valence-corrected chi connectivity index (χ1v) is 9.54. The van der Waals surface area contributed by atoms with Crippen LogP contribution in [0, 0.1) is 0 Å². The van der Waals surface area contributed by atoms with Gasteiger partial charge >= 0.3 is 11.9 Å². The van der Waals surface area contributed by atoms with E-state index in [0.29, 0.717) is 22.5 Å². The molecule has 0 saturated carbocycles. The normalized spacial score (nSPS) is 10.7. The van der Waals surface area contributed by atoms with Crippen molar-refractivity contribution >= 4 is 17.6 Å². The van der Waals surface area contributed by atoms with Crippen LogP contribution < -0.4 is 5.56 Å². The number of rotatable bonds is 6. The number of H-pyrrole nitrogens is 1. The number of hydrogen-bond acceptors (Lipinski definition) is 6. The third-order valence-corrected chi connectivity index (χ3v) is 4.78. The molecule has 0 bridgehead atoms. The molecule has 4 aromatic rings. The standard InChI is InChI=1S/C23H19N3O5/c1-30-22(28)11-16-9-5-6-10-17(16)14-31-23(29)19-12-20-24-18(13-21(27)26(20)25-19)15-7-3-2-4-8-15/h2-10,12-13,25H,11,14H2,1H3. The molecule has 156 valence electrons. The van der Waals surface area contributed by atoms with E-state index in [1.807, 2.05) is 30.3 Å². The molecule has 0 aliphatic rings. The maximum atomic E-state index is 12.6. The number of aromatic nitrogens is 3. The highest BCUT2D eigenvalue weighted by molar-refractivity contribution is 5.88. The summed E-state index contributed by atoms with van der Waals surface area (Å²) >= 11 is 0. The Morgan fingerprint density at radius 3 is 2.45 bits per heavy atom. The van der Waals surface area contributed by atoms with Crippen LogP contribution in [-0.4, -0.2) is 33.6 Å². The SMILES string of the molecule is COC(=O)Cc1ccccc1COC(=O)c1cc2nc(-c3ccccc3)cc(=O)n2[nH]1. The lowest BCUT2D eigenvalue weighted by atomic mass is 10.1. The highest BCUT2D eigenvalue weighted by atomic mass is 16.5. The molecule has 0 unspecified atom stereocenters. The summed E-state index contributed by atoms with van der Waals surface area (Å²) in [7, 11) is 1.32. The van der Waals surface area contributed by atoms with Crippen LogP contribution in [0.15, 0.2) is 71.5 Å². The van der Waals surface area contributed by atoms with Gasteiger partial charge in [-0.3, -0.25) is 14.7 Å². The molecule has 0 saturated heterocycles. The molecule has 2 heterocycles. The lowest BCUT2D eigenvalue weighted by Gasteiger charge is -2.09. The minimum Gasteiger partial charge on any atom is -0.469 e. The maximum Gasteiger partial charge on any atom is 0.356 e. The minimum atomic E-state index is -0.640. The quantitative estimate of drug-likeness (QED) is 0.484. The second-order valence-electron chi connectivity index (χ2n) is 6.81. The number of nitrogens with zero attached hydrogens (tertiary/aromatic N) is 2. The van der Waals surface area contributed by atoms with Gasteiger partial charge in [-0.1, -0.05) is 54.6 Å². The smallest absolute Gasteiger partial charge is 0.356 e. The largest absolute Gasteiger partial charge is 0.469 e. The number of carbonyl (C=O) groups excluding carboxylic acids is 2. The van der Waals surface area contributed by atoms with Gasteiger partial charge in [0.15, 0.2) is 5.65 Å². The molecule has 8 heteroatoms. The molecule has 1 N–H and O–H groups in total. The van der Waals surface area contributed by atoms with Gasteiger partial charge < -0.3 is 9.47 Å². The predicted molar refractivity (Wildman–Crippen MR) is 113 cm³/mol. The van der Waals surface area contributed by atoms with E-state index in [4.69, 9.17) is 9.47 Å². The van der Waals surface area contributed by atoms with Crippen molar-refractivity contribution < 1.29 is 19.1 Å². The Labute approximate surface area is 177 Å². The zero-order valence-corrected chi connectivity index (χ0v) is 16.7. The summed E-state index contributed by atoms with van der Waals surface area (Å²) in [5, 5.41) is 2.73. The number of benzene rings is 2. The fourth-order valence-corrected chi connectivity index (χ4v) is 3.17. The van der Waals surface area contributed by atoms with E-state index in [1.165, 1.54) is 23.8 Å². The van der Waals surface area contributed by atoms with E-state index < -0.39 is 5.97 Å². The predicted octanol–water partition coefficient (Wildman–Crippen LogP) is 2.76. The number of nitrogens with one attached hydrogen (secondary N) is 1. The van der Waals surface area contributed by atoms with E-state index in [9.17, 15) is 14.4 Å². The van der Waals surface area contributed by atoms with Crippen molar-refractivity contribution in [2.75, 3.05) is 7.11 Å². The number of ether oxygens (including phenoxy) is 2. The Morgan fingerprint density at radius 1 is 1.00 bits per heavy atom. The molecule has 0 atom stereocenters. The number of aromatic amines is 1. The van der Waals surface area contributed by atoms with Gasteiger partial charge in [0.1, 0.15) is 12.3 Å². The van der Waals surface area contributed by atoms with Crippen molar-refractivity contribution in [2.45, 2.75) is 13.0 Å². The first-order valence-electron chi connectivity index (χ1n) is 9.54. The maximum absolute atomic E-state index is 12.6. The van der Waals surface area contributed by atoms with E-state index in [-0.39, 0.29) is 30.3 Å². The molecule has 0 fully saturated rings. The summed E-state index contributed by atoms with van der Waals surface area (Å²) in [4.78, 5) is 41.1. The molecule has 8 nitrogen and oxygen atoms in total. The van der Waals surface area contributed by atoms with Crippen LogP contribution in [0.5, 0.6) is 0 Å².